The second-order valence-electron chi connectivity index (χ2n) is 3.51. The summed E-state index contributed by atoms with van der Waals surface area (Å²) in [7, 11) is 1.88. The Morgan fingerprint density at radius 3 is 3.07 bits per heavy atom. The fourth-order valence-corrected chi connectivity index (χ4v) is 1.30. The van der Waals surface area contributed by atoms with Crippen molar-refractivity contribution in [2.24, 2.45) is 12.8 Å². The van der Waals surface area contributed by atoms with E-state index in [0.717, 1.165) is 18.4 Å². The molecular weight excluding hydrogens is 192 g/mol. The molecule has 1 aromatic heterocycles. The predicted octanol–water partition coefficient (Wildman–Crippen LogP) is -0.182. The van der Waals surface area contributed by atoms with Gasteiger partial charge in [0.15, 0.2) is 0 Å². The molecule has 1 rings (SSSR count). The Morgan fingerprint density at radius 2 is 2.47 bits per heavy atom. The van der Waals surface area contributed by atoms with Gasteiger partial charge in [0.2, 0.25) is 5.91 Å². The van der Waals surface area contributed by atoms with Crippen LogP contribution in [0, 0.1) is 0 Å². The van der Waals surface area contributed by atoms with E-state index in [2.05, 4.69) is 10.4 Å². The van der Waals surface area contributed by atoms with Crippen LogP contribution in [-0.4, -0.2) is 28.8 Å². The molecule has 0 aliphatic rings. The highest BCUT2D eigenvalue weighted by Gasteiger charge is 2.00. The Labute approximate surface area is 89.6 Å². The number of carbonyl (C=O) groups is 1. The minimum atomic E-state index is 0.0735. The predicted molar refractivity (Wildman–Crippen MR) is 58.2 cm³/mol. The number of nitrogens with two attached hydrogens (primary N) is 1. The normalized spacial score (nSPS) is 10.3. The molecule has 0 aliphatic carbocycles. The standard InChI is InChI=1S/C10H18N4O/c1-14-8-9(7-13-14)4-6-12-10(15)3-2-5-11/h7-8H,2-6,11H2,1H3,(H,12,15). The molecule has 1 heterocycles. The number of aryl methyl sites for hydroxylation is 1. The van der Waals surface area contributed by atoms with Crippen molar-refractivity contribution < 1.29 is 4.79 Å². The maximum absolute atomic E-state index is 11.2. The zero-order valence-corrected chi connectivity index (χ0v) is 9.07. The fraction of sp³-hybridized carbons (Fsp3) is 0.600. The third-order valence-electron chi connectivity index (χ3n) is 2.10. The molecule has 5 heteroatoms. The first-order valence-electron chi connectivity index (χ1n) is 5.16. The van der Waals surface area contributed by atoms with Crippen LogP contribution in [0.15, 0.2) is 12.4 Å². The van der Waals surface area contributed by atoms with Crippen LogP contribution < -0.4 is 11.1 Å². The van der Waals surface area contributed by atoms with E-state index in [1.54, 1.807) is 4.68 Å². The molecule has 0 aromatic carbocycles. The first-order chi connectivity index (χ1) is 7.22. The smallest absolute Gasteiger partial charge is 0.220 e. The molecule has 84 valence electrons. The molecule has 5 nitrogen and oxygen atoms in total. The second-order valence-corrected chi connectivity index (χ2v) is 3.51. The minimum absolute atomic E-state index is 0.0735. The Kier molecular flexibility index (Phi) is 4.83. The summed E-state index contributed by atoms with van der Waals surface area (Å²) in [4.78, 5) is 11.2. The zero-order valence-electron chi connectivity index (χ0n) is 9.07. The highest BCUT2D eigenvalue weighted by Crippen LogP contribution is 1.96. The lowest BCUT2D eigenvalue weighted by atomic mass is 10.2. The quantitative estimate of drug-likeness (QED) is 0.684. The average molecular weight is 210 g/mol. The van der Waals surface area contributed by atoms with Crippen molar-refractivity contribution in [3.63, 3.8) is 0 Å². The molecule has 15 heavy (non-hydrogen) atoms. The SMILES string of the molecule is Cn1cc(CCNC(=O)CCCN)cn1. The van der Waals surface area contributed by atoms with Gasteiger partial charge < -0.3 is 11.1 Å². The van der Waals surface area contributed by atoms with Crippen LogP contribution in [0.2, 0.25) is 0 Å². The molecule has 0 saturated heterocycles. The third-order valence-corrected chi connectivity index (χ3v) is 2.10. The number of hydrogen-bond acceptors (Lipinski definition) is 3. The minimum Gasteiger partial charge on any atom is -0.356 e. The number of nitrogens with one attached hydrogen (secondary N) is 1. The van der Waals surface area contributed by atoms with Crippen LogP contribution in [0.5, 0.6) is 0 Å². The van der Waals surface area contributed by atoms with E-state index >= 15 is 0 Å². The summed E-state index contributed by atoms with van der Waals surface area (Å²) in [5, 5.41) is 6.90. The van der Waals surface area contributed by atoms with Gasteiger partial charge in [-0.25, -0.2) is 0 Å². The molecule has 0 unspecified atom stereocenters. The van der Waals surface area contributed by atoms with Crippen LogP contribution in [0.25, 0.3) is 0 Å². The molecule has 0 atom stereocenters. The van der Waals surface area contributed by atoms with Crippen LogP contribution in [0.4, 0.5) is 0 Å². The molecule has 1 amide bonds. The monoisotopic (exact) mass is 210 g/mol. The van der Waals surface area contributed by atoms with Gasteiger partial charge in [-0.3, -0.25) is 9.48 Å². The van der Waals surface area contributed by atoms with Crippen LogP contribution in [0.3, 0.4) is 0 Å². The number of nitrogens with zero attached hydrogens (tertiary/aromatic N) is 2. The largest absolute Gasteiger partial charge is 0.356 e. The number of carbonyl (C=O) groups excluding carboxylic acids is 1. The van der Waals surface area contributed by atoms with E-state index in [4.69, 9.17) is 5.73 Å². The lowest BCUT2D eigenvalue weighted by molar-refractivity contribution is -0.121. The van der Waals surface area contributed by atoms with Gasteiger partial charge in [-0.2, -0.15) is 5.10 Å². The first kappa shape index (κ1) is 11.7. The number of rotatable bonds is 6. The zero-order chi connectivity index (χ0) is 11.1. The molecule has 0 fully saturated rings. The molecule has 0 radical (unpaired) electrons. The van der Waals surface area contributed by atoms with Gasteiger partial charge in [-0.1, -0.05) is 0 Å². The maximum Gasteiger partial charge on any atom is 0.220 e. The number of hydrogen-bond donors (Lipinski definition) is 2. The molecule has 0 aliphatic heterocycles. The summed E-state index contributed by atoms with van der Waals surface area (Å²) in [6.45, 7) is 1.23. The number of amides is 1. The molecule has 0 saturated carbocycles. The number of aromatic nitrogens is 2. The van der Waals surface area contributed by atoms with Crippen molar-refractivity contribution in [1.29, 1.82) is 0 Å². The molecule has 3 N–H and O–H groups in total. The van der Waals surface area contributed by atoms with Crippen LogP contribution in [-0.2, 0) is 18.3 Å². The van der Waals surface area contributed by atoms with E-state index in [0.29, 0.717) is 19.5 Å². The van der Waals surface area contributed by atoms with E-state index in [1.807, 2.05) is 19.4 Å². The van der Waals surface area contributed by atoms with Gasteiger partial charge in [0.25, 0.3) is 0 Å². The van der Waals surface area contributed by atoms with Crippen molar-refractivity contribution in [2.45, 2.75) is 19.3 Å². The van der Waals surface area contributed by atoms with Crippen LogP contribution >= 0.6 is 0 Å². The first-order valence-corrected chi connectivity index (χ1v) is 5.16. The highest BCUT2D eigenvalue weighted by atomic mass is 16.1. The van der Waals surface area contributed by atoms with Gasteiger partial charge >= 0.3 is 0 Å². The Bertz CT molecular complexity index is 308. The Balaban J connectivity index is 2.13. The highest BCUT2D eigenvalue weighted by molar-refractivity contribution is 5.75. The Hall–Kier alpha value is -1.36. The summed E-state index contributed by atoms with van der Waals surface area (Å²) < 4.78 is 1.76. The van der Waals surface area contributed by atoms with Crippen molar-refractivity contribution in [3.05, 3.63) is 18.0 Å². The summed E-state index contributed by atoms with van der Waals surface area (Å²) in [5.74, 6) is 0.0735. The summed E-state index contributed by atoms with van der Waals surface area (Å²) in [6, 6.07) is 0. The van der Waals surface area contributed by atoms with Gasteiger partial charge in [0, 0.05) is 26.2 Å². The molecular formula is C10H18N4O. The molecule has 1 aromatic rings. The van der Waals surface area contributed by atoms with Gasteiger partial charge in [0.05, 0.1) is 6.20 Å². The van der Waals surface area contributed by atoms with Gasteiger partial charge in [-0.05, 0) is 24.9 Å². The van der Waals surface area contributed by atoms with Crippen molar-refractivity contribution in [1.82, 2.24) is 15.1 Å². The second kappa shape index (κ2) is 6.19. The summed E-state index contributed by atoms with van der Waals surface area (Å²) >= 11 is 0. The van der Waals surface area contributed by atoms with E-state index in [9.17, 15) is 4.79 Å². The summed E-state index contributed by atoms with van der Waals surface area (Å²) in [6.07, 6.45) is 5.85. The van der Waals surface area contributed by atoms with Crippen LogP contribution in [0.1, 0.15) is 18.4 Å². The van der Waals surface area contributed by atoms with Crippen molar-refractivity contribution in [3.8, 4) is 0 Å². The van der Waals surface area contributed by atoms with Gasteiger partial charge in [0.1, 0.15) is 0 Å². The van der Waals surface area contributed by atoms with E-state index < -0.39 is 0 Å². The topological polar surface area (TPSA) is 72.9 Å². The lowest BCUT2D eigenvalue weighted by Crippen LogP contribution is -2.25. The third kappa shape index (κ3) is 4.60. The fourth-order valence-electron chi connectivity index (χ4n) is 1.30. The molecule has 0 bridgehead atoms. The molecule has 0 spiro atoms. The lowest BCUT2D eigenvalue weighted by Gasteiger charge is -2.02. The van der Waals surface area contributed by atoms with E-state index in [1.165, 1.54) is 0 Å². The maximum atomic E-state index is 11.2. The Morgan fingerprint density at radius 1 is 1.67 bits per heavy atom. The van der Waals surface area contributed by atoms with Crippen molar-refractivity contribution >= 4 is 5.91 Å². The van der Waals surface area contributed by atoms with Gasteiger partial charge in [-0.15, -0.1) is 0 Å². The average Bonchev–Trinajstić information content (AvgIpc) is 2.61. The van der Waals surface area contributed by atoms with E-state index in [-0.39, 0.29) is 5.91 Å². The summed E-state index contributed by atoms with van der Waals surface area (Å²) in [5.41, 5.74) is 6.44. The van der Waals surface area contributed by atoms with Crippen molar-refractivity contribution in [2.75, 3.05) is 13.1 Å².